The van der Waals surface area contributed by atoms with Crippen molar-refractivity contribution in [1.82, 2.24) is 10.2 Å². The van der Waals surface area contributed by atoms with E-state index in [9.17, 15) is 13.6 Å². The standard InChI is InChI=1S/C17H24F2N2O2/c1-23-12-16(13-6-7-14(18)15(19)10-13)20-11-17(22)21-8-4-2-3-5-9-21/h6-7,10,16,20H,2-5,8-9,11-12H2,1H3/t16-/m0/s1. The van der Waals surface area contributed by atoms with Gasteiger partial charge in [0, 0.05) is 20.2 Å². The molecule has 0 radical (unpaired) electrons. The average molecular weight is 326 g/mol. The second-order valence-corrected chi connectivity index (χ2v) is 5.86. The summed E-state index contributed by atoms with van der Waals surface area (Å²) in [5.41, 5.74) is 0.564. The Kier molecular flexibility index (Phi) is 6.92. The Morgan fingerprint density at radius 2 is 1.91 bits per heavy atom. The first-order chi connectivity index (χ1) is 11.1. The highest BCUT2D eigenvalue weighted by Gasteiger charge is 2.18. The van der Waals surface area contributed by atoms with Crippen LogP contribution in [0, 0.1) is 11.6 Å². The zero-order valence-corrected chi connectivity index (χ0v) is 13.5. The molecule has 0 aliphatic carbocycles. The molecular formula is C17H24F2N2O2. The minimum Gasteiger partial charge on any atom is -0.383 e. The van der Waals surface area contributed by atoms with Gasteiger partial charge in [0.1, 0.15) is 0 Å². The van der Waals surface area contributed by atoms with Crippen LogP contribution in [0.3, 0.4) is 0 Å². The minimum atomic E-state index is -0.899. The molecule has 0 spiro atoms. The predicted octanol–water partition coefficient (Wildman–Crippen LogP) is 2.64. The van der Waals surface area contributed by atoms with Gasteiger partial charge in [-0.3, -0.25) is 10.1 Å². The molecule has 128 valence electrons. The van der Waals surface area contributed by atoms with Crippen molar-refractivity contribution in [2.45, 2.75) is 31.7 Å². The van der Waals surface area contributed by atoms with Gasteiger partial charge in [-0.05, 0) is 30.5 Å². The van der Waals surface area contributed by atoms with E-state index in [4.69, 9.17) is 4.74 Å². The largest absolute Gasteiger partial charge is 0.383 e. The molecule has 1 heterocycles. The first-order valence-corrected chi connectivity index (χ1v) is 8.07. The van der Waals surface area contributed by atoms with Crippen LogP contribution in [0.2, 0.25) is 0 Å². The molecule has 1 saturated heterocycles. The van der Waals surface area contributed by atoms with Gasteiger partial charge in [-0.2, -0.15) is 0 Å². The second-order valence-electron chi connectivity index (χ2n) is 5.86. The summed E-state index contributed by atoms with van der Waals surface area (Å²) < 4.78 is 31.6. The quantitative estimate of drug-likeness (QED) is 0.874. The van der Waals surface area contributed by atoms with Gasteiger partial charge in [0.25, 0.3) is 0 Å². The van der Waals surface area contributed by atoms with Gasteiger partial charge < -0.3 is 9.64 Å². The van der Waals surface area contributed by atoms with E-state index in [-0.39, 0.29) is 25.1 Å². The molecule has 1 amide bonds. The fraction of sp³-hybridized carbons (Fsp3) is 0.588. The Bertz CT molecular complexity index is 517. The number of hydrogen-bond donors (Lipinski definition) is 1. The normalized spacial score (nSPS) is 16.9. The van der Waals surface area contributed by atoms with Gasteiger partial charge in [0.05, 0.1) is 19.2 Å². The Labute approximate surface area is 135 Å². The molecule has 0 bridgehead atoms. The van der Waals surface area contributed by atoms with Gasteiger partial charge in [0.2, 0.25) is 5.91 Å². The van der Waals surface area contributed by atoms with E-state index in [1.54, 1.807) is 0 Å². The van der Waals surface area contributed by atoms with Crippen LogP contribution in [-0.4, -0.2) is 44.2 Å². The molecule has 1 aromatic carbocycles. The zero-order valence-electron chi connectivity index (χ0n) is 13.5. The minimum absolute atomic E-state index is 0.0376. The van der Waals surface area contributed by atoms with Gasteiger partial charge in [-0.15, -0.1) is 0 Å². The van der Waals surface area contributed by atoms with Crippen molar-refractivity contribution in [3.05, 3.63) is 35.4 Å². The highest BCUT2D eigenvalue weighted by molar-refractivity contribution is 5.78. The van der Waals surface area contributed by atoms with Gasteiger partial charge in [-0.1, -0.05) is 18.9 Å². The molecule has 0 unspecified atom stereocenters. The Hall–Kier alpha value is -1.53. The van der Waals surface area contributed by atoms with Crippen LogP contribution in [-0.2, 0) is 9.53 Å². The highest BCUT2D eigenvalue weighted by atomic mass is 19.2. The summed E-state index contributed by atoms with van der Waals surface area (Å²) in [7, 11) is 1.53. The molecule has 6 heteroatoms. The molecule has 0 saturated carbocycles. The summed E-state index contributed by atoms with van der Waals surface area (Å²) in [5, 5.41) is 3.10. The number of ether oxygens (including phenoxy) is 1. The number of nitrogens with one attached hydrogen (secondary N) is 1. The summed E-state index contributed by atoms with van der Waals surface area (Å²) in [6.07, 6.45) is 4.41. The summed E-state index contributed by atoms with van der Waals surface area (Å²) >= 11 is 0. The van der Waals surface area contributed by atoms with Crippen LogP contribution >= 0.6 is 0 Å². The number of carbonyl (C=O) groups is 1. The third kappa shape index (κ3) is 5.25. The zero-order chi connectivity index (χ0) is 16.7. The molecule has 1 aliphatic heterocycles. The number of carbonyl (C=O) groups excluding carboxylic acids is 1. The van der Waals surface area contributed by atoms with Crippen molar-refractivity contribution >= 4 is 5.91 Å². The molecule has 1 fully saturated rings. The lowest BCUT2D eigenvalue weighted by Gasteiger charge is -2.23. The van der Waals surface area contributed by atoms with Crippen molar-refractivity contribution in [3.8, 4) is 0 Å². The maximum absolute atomic E-state index is 13.4. The lowest BCUT2D eigenvalue weighted by Crippen LogP contribution is -2.40. The Morgan fingerprint density at radius 3 is 2.52 bits per heavy atom. The van der Waals surface area contributed by atoms with E-state index >= 15 is 0 Å². The van der Waals surface area contributed by atoms with E-state index in [0.717, 1.165) is 38.1 Å². The van der Waals surface area contributed by atoms with Crippen LogP contribution in [0.5, 0.6) is 0 Å². The molecule has 23 heavy (non-hydrogen) atoms. The van der Waals surface area contributed by atoms with Crippen molar-refractivity contribution in [3.63, 3.8) is 0 Å². The summed E-state index contributed by atoms with van der Waals surface area (Å²) in [6.45, 7) is 2.02. The maximum atomic E-state index is 13.4. The number of amides is 1. The molecular weight excluding hydrogens is 302 g/mol. The lowest BCUT2D eigenvalue weighted by molar-refractivity contribution is -0.130. The van der Waals surface area contributed by atoms with Gasteiger partial charge in [-0.25, -0.2) is 8.78 Å². The number of likely N-dealkylation sites (tertiary alicyclic amines) is 1. The van der Waals surface area contributed by atoms with Gasteiger partial charge in [0.15, 0.2) is 11.6 Å². The van der Waals surface area contributed by atoms with Crippen molar-refractivity contribution in [2.24, 2.45) is 0 Å². The molecule has 1 N–H and O–H groups in total. The fourth-order valence-electron chi connectivity index (χ4n) is 2.81. The summed E-state index contributed by atoms with van der Waals surface area (Å²) in [5.74, 6) is -1.75. The van der Waals surface area contributed by atoms with Gasteiger partial charge >= 0.3 is 0 Å². The average Bonchev–Trinajstić information content (AvgIpc) is 2.83. The first-order valence-electron chi connectivity index (χ1n) is 8.07. The number of nitrogens with zero attached hydrogens (tertiary/aromatic N) is 1. The fourth-order valence-corrected chi connectivity index (χ4v) is 2.81. The molecule has 1 aromatic rings. The third-order valence-electron chi connectivity index (χ3n) is 4.14. The summed E-state index contributed by atoms with van der Waals surface area (Å²) in [4.78, 5) is 14.2. The summed E-state index contributed by atoms with van der Waals surface area (Å²) in [6, 6.07) is 3.38. The monoisotopic (exact) mass is 326 g/mol. The molecule has 2 rings (SSSR count). The lowest BCUT2D eigenvalue weighted by atomic mass is 10.1. The van der Waals surface area contributed by atoms with Crippen LogP contribution in [0.4, 0.5) is 8.78 Å². The Morgan fingerprint density at radius 1 is 1.22 bits per heavy atom. The highest BCUT2D eigenvalue weighted by Crippen LogP contribution is 2.17. The molecule has 1 atom stereocenters. The van der Waals surface area contributed by atoms with Crippen molar-refractivity contribution in [1.29, 1.82) is 0 Å². The SMILES string of the molecule is COC[C@H](NCC(=O)N1CCCCCC1)c1ccc(F)c(F)c1. The number of rotatable bonds is 6. The van der Waals surface area contributed by atoms with E-state index < -0.39 is 11.6 Å². The van der Waals surface area contributed by atoms with Crippen molar-refractivity contribution in [2.75, 3.05) is 33.4 Å². The number of benzene rings is 1. The number of methoxy groups -OCH3 is 1. The van der Waals surface area contributed by atoms with Crippen LogP contribution < -0.4 is 5.32 Å². The molecule has 4 nitrogen and oxygen atoms in total. The third-order valence-corrected chi connectivity index (χ3v) is 4.14. The van der Waals surface area contributed by atoms with E-state index in [1.807, 2.05) is 4.90 Å². The second kappa shape index (κ2) is 8.93. The number of halogens is 2. The predicted molar refractivity (Wildman–Crippen MR) is 84.0 cm³/mol. The van der Waals surface area contributed by atoms with Crippen molar-refractivity contribution < 1.29 is 18.3 Å². The van der Waals surface area contributed by atoms with Crippen LogP contribution in [0.25, 0.3) is 0 Å². The molecule has 1 aliphatic rings. The first kappa shape index (κ1) is 17.8. The maximum Gasteiger partial charge on any atom is 0.236 e. The number of hydrogen-bond acceptors (Lipinski definition) is 3. The molecule has 0 aromatic heterocycles. The van der Waals surface area contributed by atoms with Crippen LogP contribution in [0.15, 0.2) is 18.2 Å². The smallest absolute Gasteiger partial charge is 0.236 e. The van der Waals surface area contributed by atoms with E-state index in [2.05, 4.69) is 5.32 Å². The Balaban J connectivity index is 1.95. The van der Waals surface area contributed by atoms with E-state index in [0.29, 0.717) is 5.56 Å². The van der Waals surface area contributed by atoms with Crippen LogP contribution in [0.1, 0.15) is 37.3 Å². The van der Waals surface area contributed by atoms with E-state index in [1.165, 1.54) is 26.0 Å². The topological polar surface area (TPSA) is 41.6 Å².